The molecule has 0 radical (unpaired) electrons. The summed E-state index contributed by atoms with van der Waals surface area (Å²) in [6.07, 6.45) is 0. The van der Waals surface area contributed by atoms with Crippen LogP contribution >= 0.6 is 15.6 Å². The van der Waals surface area contributed by atoms with E-state index in [1.165, 1.54) is 0 Å². The van der Waals surface area contributed by atoms with Crippen molar-refractivity contribution in [3.63, 3.8) is 0 Å². The third kappa shape index (κ3) is 11.8. The summed E-state index contributed by atoms with van der Waals surface area (Å²) in [5, 5.41) is 0. The van der Waals surface area contributed by atoms with E-state index >= 15 is 0 Å². The molecule has 39 heavy (non-hydrogen) atoms. The third-order valence-corrected chi connectivity index (χ3v) is 6.69. The molecule has 0 saturated heterocycles. The molecule has 0 bridgehead atoms. The molecular weight excluding hydrogens is 592 g/mol. The first kappa shape index (κ1) is 32.3. The third-order valence-electron chi connectivity index (χ3n) is 4.95. The standard InChI is InChI=1S/2C14H15O4P.Zn/c2*1-11-3-7-13(8-4-11)17-19(15,16)18-14-9-5-12(2)6-10-14;/h2*3-10H,1-2H3,(H,15,16);/q;;+2/p-2. The summed E-state index contributed by atoms with van der Waals surface area (Å²) >= 11 is 0. The van der Waals surface area contributed by atoms with Gasteiger partial charge in [-0.2, -0.15) is 0 Å². The first-order valence-corrected chi connectivity index (χ1v) is 14.5. The van der Waals surface area contributed by atoms with Crippen LogP contribution in [0.2, 0.25) is 0 Å². The summed E-state index contributed by atoms with van der Waals surface area (Å²) in [5.41, 5.74) is 4.08. The molecule has 0 aliphatic rings. The van der Waals surface area contributed by atoms with E-state index in [0.717, 1.165) is 22.3 Å². The van der Waals surface area contributed by atoms with Gasteiger partial charge in [-0.05, 0) is 76.2 Å². The predicted octanol–water partition coefficient (Wildman–Crippen LogP) is 6.46. The number of benzene rings is 4. The van der Waals surface area contributed by atoms with Gasteiger partial charge in [0.25, 0.3) is 0 Å². The van der Waals surface area contributed by atoms with E-state index in [4.69, 9.17) is 18.1 Å². The van der Waals surface area contributed by atoms with Crippen LogP contribution in [0.5, 0.6) is 23.0 Å². The SMILES string of the molecule is Cc1ccc(OP(=O)([O-])Oc2ccc(C)cc2)cc1.Cc1ccc(OP(=O)([O-])Oc2ccc(C)cc2)cc1.[Zn+2]. The minimum atomic E-state index is -4.42. The van der Waals surface area contributed by atoms with E-state index < -0.39 is 15.6 Å². The maximum absolute atomic E-state index is 11.7. The monoisotopic (exact) mass is 618 g/mol. The zero-order chi connectivity index (χ0) is 27.8. The van der Waals surface area contributed by atoms with Crippen molar-refractivity contribution in [1.29, 1.82) is 0 Å². The van der Waals surface area contributed by atoms with Gasteiger partial charge >= 0.3 is 35.1 Å². The molecule has 11 heteroatoms. The van der Waals surface area contributed by atoms with Crippen LogP contribution < -0.4 is 27.9 Å². The summed E-state index contributed by atoms with van der Waals surface area (Å²) in [5.74, 6) is 0.930. The fourth-order valence-corrected chi connectivity index (χ4v) is 4.54. The molecule has 200 valence electrons. The molecule has 4 rings (SSSR count). The summed E-state index contributed by atoms with van der Waals surface area (Å²) in [7, 11) is -8.83. The van der Waals surface area contributed by atoms with Crippen LogP contribution in [-0.2, 0) is 28.6 Å². The average molecular weight is 620 g/mol. The molecule has 0 aromatic heterocycles. The fraction of sp³-hybridized carbons (Fsp3) is 0.143. The van der Waals surface area contributed by atoms with Gasteiger partial charge in [-0.3, -0.25) is 0 Å². The van der Waals surface area contributed by atoms with Crippen LogP contribution in [-0.4, -0.2) is 0 Å². The Morgan fingerprint density at radius 3 is 0.718 bits per heavy atom. The molecule has 0 aliphatic heterocycles. The second kappa shape index (κ2) is 14.5. The molecule has 0 atom stereocenters. The Kier molecular flexibility index (Phi) is 12.0. The van der Waals surface area contributed by atoms with Crippen molar-refractivity contribution in [2.24, 2.45) is 0 Å². The second-order valence-electron chi connectivity index (χ2n) is 8.51. The maximum atomic E-state index is 11.7. The van der Waals surface area contributed by atoms with E-state index in [9.17, 15) is 18.9 Å². The number of hydrogen-bond donors (Lipinski definition) is 0. The second-order valence-corrected chi connectivity index (χ2v) is 11.0. The van der Waals surface area contributed by atoms with Gasteiger partial charge in [0.1, 0.15) is 23.0 Å². The van der Waals surface area contributed by atoms with Gasteiger partial charge < -0.3 is 27.9 Å². The Bertz CT molecular complexity index is 1190. The topological polar surface area (TPSA) is 117 Å². The maximum Gasteiger partial charge on any atom is 2.00 e. The van der Waals surface area contributed by atoms with Gasteiger partial charge in [-0.15, -0.1) is 0 Å². The molecule has 0 saturated carbocycles. The van der Waals surface area contributed by atoms with Gasteiger partial charge in [0.05, 0.1) is 0 Å². The number of rotatable bonds is 8. The predicted molar refractivity (Wildman–Crippen MR) is 142 cm³/mol. The van der Waals surface area contributed by atoms with Crippen molar-refractivity contribution in [1.82, 2.24) is 0 Å². The summed E-state index contributed by atoms with van der Waals surface area (Å²) in [6.45, 7) is 7.62. The van der Waals surface area contributed by atoms with E-state index in [2.05, 4.69) is 0 Å². The minimum Gasteiger partial charge on any atom is -0.736 e. The van der Waals surface area contributed by atoms with Crippen molar-refractivity contribution < 1.29 is 56.5 Å². The van der Waals surface area contributed by atoms with Crippen LogP contribution in [0.15, 0.2) is 97.1 Å². The van der Waals surface area contributed by atoms with Gasteiger partial charge in [0.2, 0.25) is 0 Å². The summed E-state index contributed by atoms with van der Waals surface area (Å²) in [4.78, 5) is 23.4. The molecule has 4 aromatic rings. The first-order chi connectivity index (χ1) is 17.9. The Labute approximate surface area is 241 Å². The molecule has 0 heterocycles. The molecule has 0 unspecified atom stereocenters. The first-order valence-electron chi connectivity index (χ1n) is 11.6. The number of hydrogen-bond acceptors (Lipinski definition) is 8. The van der Waals surface area contributed by atoms with E-state index in [0.29, 0.717) is 0 Å². The van der Waals surface area contributed by atoms with Crippen molar-refractivity contribution >= 4 is 15.6 Å². The van der Waals surface area contributed by atoms with Crippen LogP contribution in [0, 0.1) is 27.7 Å². The van der Waals surface area contributed by atoms with Crippen LogP contribution in [0.3, 0.4) is 0 Å². The summed E-state index contributed by atoms with van der Waals surface area (Å²) < 4.78 is 42.9. The zero-order valence-corrected chi connectivity index (χ0v) is 26.9. The van der Waals surface area contributed by atoms with Gasteiger partial charge in [-0.25, -0.2) is 9.13 Å². The van der Waals surface area contributed by atoms with Gasteiger partial charge in [0.15, 0.2) is 0 Å². The minimum absolute atomic E-state index is 0. The molecule has 0 N–H and O–H groups in total. The van der Waals surface area contributed by atoms with Crippen molar-refractivity contribution in [2.75, 3.05) is 0 Å². The molecule has 8 nitrogen and oxygen atoms in total. The zero-order valence-electron chi connectivity index (χ0n) is 22.1. The summed E-state index contributed by atoms with van der Waals surface area (Å²) in [6, 6.07) is 26.8. The van der Waals surface area contributed by atoms with Crippen LogP contribution in [0.4, 0.5) is 0 Å². The van der Waals surface area contributed by atoms with Crippen LogP contribution in [0.25, 0.3) is 0 Å². The van der Waals surface area contributed by atoms with E-state index in [-0.39, 0.29) is 42.5 Å². The largest absolute Gasteiger partial charge is 2.00 e. The Balaban J connectivity index is 0.000000267. The number of phosphoric acid groups is 2. The Morgan fingerprint density at radius 2 is 0.564 bits per heavy atom. The smallest absolute Gasteiger partial charge is 0.736 e. The molecule has 4 aromatic carbocycles. The fourth-order valence-electron chi connectivity index (χ4n) is 2.95. The van der Waals surface area contributed by atoms with Crippen molar-refractivity contribution in [2.45, 2.75) is 27.7 Å². The van der Waals surface area contributed by atoms with E-state index in [1.54, 1.807) is 97.1 Å². The number of phosphoric ester groups is 2. The molecule has 0 spiro atoms. The number of aryl methyl sites for hydroxylation is 4. The Hall–Kier alpha value is -2.92. The average Bonchev–Trinajstić information content (AvgIpc) is 2.85. The quantitative estimate of drug-likeness (QED) is 0.163. The Morgan fingerprint density at radius 1 is 0.410 bits per heavy atom. The van der Waals surface area contributed by atoms with Crippen molar-refractivity contribution in [3.05, 3.63) is 119 Å². The van der Waals surface area contributed by atoms with E-state index in [1.807, 2.05) is 27.7 Å². The molecule has 0 aliphatic carbocycles. The van der Waals surface area contributed by atoms with Crippen molar-refractivity contribution in [3.8, 4) is 23.0 Å². The normalized spacial score (nSPS) is 10.8. The molecular formula is C28H28O8P2Zn. The van der Waals surface area contributed by atoms with Gasteiger partial charge in [0, 0.05) is 0 Å². The molecule has 0 amide bonds. The van der Waals surface area contributed by atoms with Gasteiger partial charge in [-0.1, -0.05) is 70.8 Å². The molecule has 0 fully saturated rings. The van der Waals surface area contributed by atoms with Crippen LogP contribution in [0.1, 0.15) is 22.3 Å².